The van der Waals surface area contributed by atoms with Crippen molar-refractivity contribution in [2.75, 3.05) is 6.54 Å². The fraction of sp³-hybridized carbons (Fsp3) is 0.469. The van der Waals surface area contributed by atoms with Crippen LogP contribution in [0.2, 0.25) is 5.02 Å². The lowest BCUT2D eigenvalue weighted by atomic mass is 9.87. The number of rotatable bonds is 4. The first-order chi connectivity index (χ1) is 17.8. The van der Waals surface area contributed by atoms with Gasteiger partial charge in [0.2, 0.25) is 0 Å². The highest BCUT2D eigenvalue weighted by atomic mass is 127. The van der Waals surface area contributed by atoms with Gasteiger partial charge in [0, 0.05) is 38.4 Å². The summed E-state index contributed by atoms with van der Waals surface area (Å²) in [7, 11) is 0. The topological polar surface area (TPSA) is 41.9 Å². The van der Waals surface area contributed by atoms with E-state index in [2.05, 4.69) is 98.3 Å². The number of carbonyl (C=O) groups excluding carboxylic acids is 1. The molecular formula is C32H40ClIN2O2. The minimum atomic E-state index is -0.513. The Kier molecular flexibility index (Phi) is 10.3. The number of hydrogen-bond donors (Lipinski definition) is 0. The minimum Gasteiger partial charge on any atom is -0.444 e. The van der Waals surface area contributed by atoms with Crippen LogP contribution >= 0.6 is 34.2 Å². The number of allylic oxidation sites excluding steroid dienone is 6. The second-order valence-electron chi connectivity index (χ2n) is 11.4. The number of halogens is 2. The van der Waals surface area contributed by atoms with Crippen LogP contribution in [0.3, 0.4) is 0 Å². The third-order valence-electron chi connectivity index (χ3n) is 6.87. The van der Waals surface area contributed by atoms with Crippen molar-refractivity contribution in [2.45, 2.75) is 85.8 Å². The maximum absolute atomic E-state index is 12.9. The van der Waals surface area contributed by atoms with E-state index in [-0.39, 0.29) is 24.0 Å². The normalized spacial score (nSPS) is 23.2. The van der Waals surface area contributed by atoms with E-state index in [9.17, 15) is 4.79 Å². The highest BCUT2D eigenvalue weighted by Gasteiger charge is 2.29. The SMILES string of the molecule is CC1=NC=C=CC(C2=C\[C@@H](C)CN(C(=O)OC(C)(C)C)[C@H](C)CC\2)=C1/C(I)=C\C(C)c1cc(Cl)ccc1C. The zero-order chi connectivity index (χ0) is 28.2. The van der Waals surface area contributed by atoms with Crippen molar-refractivity contribution in [2.24, 2.45) is 10.9 Å². The van der Waals surface area contributed by atoms with E-state index >= 15 is 0 Å². The zero-order valence-corrected chi connectivity index (χ0v) is 26.8. The van der Waals surface area contributed by atoms with Gasteiger partial charge in [-0.15, -0.1) is 5.73 Å². The van der Waals surface area contributed by atoms with Gasteiger partial charge in [-0.05, 0) is 123 Å². The molecule has 0 aliphatic carbocycles. The van der Waals surface area contributed by atoms with E-state index in [1.807, 2.05) is 31.7 Å². The third-order valence-corrected chi connectivity index (χ3v) is 8.00. The molecule has 6 heteroatoms. The van der Waals surface area contributed by atoms with Crippen LogP contribution in [-0.2, 0) is 4.74 Å². The van der Waals surface area contributed by atoms with Crippen LogP contribution in [0.25, 0.3) is 0 Å². The Hall–Kier alpha value is -2.08. The van der Waals surface area contributed by atoms with Crippen LogP contribution < -0.4 is 0 Å². The van der Waals surface area contributed by atoms with Crippen LogP contribution in [0.15, 0.2) is 73.6 Å². The molecule has 2 heterocycles. The second-order valence-corrected chi connectivity index (χ2v) is 13.0. The van der Waals surface area contributed by atoms with Crippen molar-refractivity contribution in [1.29, 1.82) is 0 Å². The summed E-state index contributed by atoms with van der Waals surface area (Å²) >= 11 is 8.77. The van der Waals surface area contributed by atoms with E-state index in [1.165, 1.54) is 16.7 Å². The molecule has 0 fully saturated rings. The highest BCUT2D eigenvalue weighted by Crippen LogP contribution is 2.36. The van der Waals surface area contributed by atoms with Crippen molar-refractivity contribution in [3.63, 3.8) is 0 Å². The molecular weight excluding hydrogens is 607 g/mol. The summed E-state index contributed by atoms with van der Waals surface area (Å²) in [5, 5.41) is 0.753. The number of carbonyl (C=O) groups is 1. The number of amides is 1. The van der Waals surface area contributed by atoms with Gasteiger partial charge in [-0.2, -0.15) is 0 Å². The average molecular weight is 647 g/mol. The third kappa shape index (κ3) is 7.97. The molecule has 2 aliphatic heterocycles. The molecule has 0 saturated heterocycles. The molecule has 1 unspecified atom stereocenters. The van der Waals surface area contributed by atoms with Gasteiger partial charge in [0.25, 0.3) is 0 Å². The number of aliphatic imine (C=N–C) groups is 1. The van der Waals surface area contributed by atoms with Crippen LogP contribution in [0, 0.1) is 12.8 Å². The number of aryl methyl sites for hydroxylation is 1. The van der Waals surface area contributed by atoms with Gasteiger partial charge in [0.15, 0.2) is 0 Å². The van der Waals surface area contributed by atoms with E-state index < -0.39 is 5.60 Å². The van der Waals surface area contributed by atoms with Crippen molar-refractivity contribution < 1.29 is 9.53 Å². The van der Waals surface area contributed by atoms with Crippen LogP contribution in [0.5, 0.6) is 0 Å². The Morgan fingerprint density at radius 3 is 2.68 bits per heavy atom. The largest absolute Gasteiger partial charge is 0.444 e. The molecule has 3 atom stereocenters. The Labute approximate surface area is 247 Å². The molecule has 0 spiro atoms. The maximum Gasteiger partial charge on any atom is 0.410 e. The molecule has 0 N–H and O–H groups in total. The summed E-state index contributed by atoms with van der Waals surface area (Å²) in [6.45, 7) is 17.0. The van der Waals surface area contributed by atoms with Crippen LogP contribution in [-0.4, -0.2) is 34.9 Å². The molecule has 0 aromatic heterocycles. The highest BCUT2D eigenvalue weighted by molar-refractivity contribution is 14.1. The quantitative estimate of drug-likeness (QED) is 0.242. The van der Waals surface area contributed by atoms with E-state index in [0.29, 0.717) is 6.54 Å². The van der Waals surface area contributed by atoms with Gasteiger partial charge in [0.1, 0.15) is 5.60 Å². The van der Waals surface area contributed by atoms with Gasteiger partial charge in [0.05, 0.1) is 6.20 Å². The second kappa shape index (κ2) is 12.8. The molecule has 1 aromatic rings. The standard InChI is InChI=1S/C32H40ClIN2O2/c1-20-16-25(13-12-23(4)36(19-20)31(37)38-32(6,7)8)27-10-9-15-35-24(5)30(27)29(34)17-22(3)28-18-26(33)14-11-21(28)2/h10-11,14-18,20,22-23H,12-13,19H2,1-8H3/b25-16-,29-17+/t20-,22?,23-/m1/s1. The smallest absolute Gasteiger partial charge is 0.410 e. The van der Waals surface area contributed by atoms with E-state index in [4.69, 9.17) is 16.3 Å². The molecule has 3 rings (SSSR count). The summed E-state index contributed by atoms with van der Waals surface area (Å²) < 4.78 is 6.86. The molecule has 1 aromatic carbocycles. The molecule has 4 nitrogen and oxygen atoms in total. The number of benzene rings is 1. The average Bonchev–Trinajstić information content (AvgIpc) is 3.00. The first-order valence-corrected chi connectivity index (χ1v) is 14.8. The molecule has 0 radical (unpaired) electrons. The fourth-order valence-electron chi connectivity index (χ4n) is 4.92. The lowest BCUT2D eigenvalue weighted by Gasteiger charge is -2.35. The van der Waals surface area contributed by atoms with E-state index in [1.54, 1.807) is 6.20 Å². The van der Waals surface area contributed by atoms with Crippen LogP contribution in [0.1, 0.15) is 78.4 Å². The summed E-state index contributed by atoms with van der Waals surface area (Å²) in [5.74, 6) is 0.358. The molecule has 2 aliphatic rings. The lowest BCUT2D eigenvalue weighted by molar-refractivity contribution is 0.0146. The Morgan fingerprint density at radius 1 is 1.29 bits per heavy atom. The first-order valence-electron chi connectivity index (χ1n) is 13.3. The van der Waals surface area contributed by atoms with Crippen molar-refractivity contribution in [1.82, 2.24) is 4.90 Å². The molecule has 0 bridgehead atoms. The molecule has 38 heavy (non-hydrogen) atoms. The Balaban J connectivity index is 2.01. The van der Waals surface area contributed by atoms with Crippen molar-refractivity contribution in [3.8, 4) is 0 Å². The van der Waals surface area contributed by atoms with Crippen molar-refractivity contribution >= 4 is 46.0 Å². The zero-order valence-electron chi connectivity index (χ0n) is 23.9. The number of nitrogens with zero attached hydrogens (tertiary/aromatic N) is 2. The summed E-state index contributed by atoms with van der Waals surface area (Å²) in [5.41, 5.74) is 9.72. The van der Waals surface area contributed by atoms with Gasteiger partial charge >= 0.3 is 6.09 Å². The number of ether oxygens (including phenoxy) is 1. The van der Waals surface area contributed by atoms with Gasteiger partial charge in [-0.3, -0.25) is 4.99 Å². The van der Waals surface area contributed by atoms with Gasteiger partial charge < -0.3 is 9.64 Å². The summed E-state index contributed by atoms with van der Waals surface area (Å²) in [6.07, 6.45) is 9.88. The van der Waals surface area contributed by atoms with Gasteiger partial charge in [-0.1, -0.05) is 43.7 Å². The van der Waals surface area contributed by atoms with E-state index in [0.717, 1.165) is 38.3 Å². The predicted octanol–water partition coefficient (Wildman–Crippen LogP) is 9.49. The Morgan fingerprint density at radius 2 is 2.00 bits per heavy atom. The number of hydrogen-bond acceptors (Lipinski definition) is 3. The van der Waals surface area contributed by atoms with Crippen LogP contribution in [0.4, 0.5) is 4.79 Å². The monoisotopic (exact) mass is 646 g/mol. The van der Waals surface area contributed by atoms with Gasteiger partial charge in [-0.25, -0.2) is 4.79 Å². The summed E-state index contributed by atoms with van der Waals surface area (Å²) in [4.78, 5) is 19.5. The molecule has 0 saturated carbocycles. The van der Waals surface area contributed by atoms with Crippen molar-refractivity contribution in [3.05, 3.63) is 84.8 Å². The molecule has 204 valence electrons. The predicted molar refractivity (Wildman–Crippen MR) is 168 cm³/mol. The minimum absolute atomic E-state index is 0.0700. The summed E-state index contributed by atoms with van der Waals surface area (Å²) in [6, 6.07) is 6.14. The molecule has 1 amide bonds. The lowest BCUT2D eigenvalue weighted by Crippen LogP contribution is -2.44. The first kappa shape index (κ1) is 30.5. The Bertz CT molecular complexity index is 1260. The maximum atomic E-state index is 12.9. The fourth-order valence-corrected chi connectivity index (χ4v) is 6.33.